The number of nitrogens with one attached hydrogen (secondary N) is 1. The predicted octanol–water partition coefficient (Wildman–Crippen LogP) is 3.33. The summed E-state index contributed by atoms with van der Waals surface area (Å²) in [5.74, 6) is 3.50. The molecule has 1 aliphatic rings. The van der Waals surface area contributed by atoms with Crippen LogP contribution >= 0.6 is 12.2 Å². The topological polar surface area (TPSA) is 46.8 Å². The third kappa shape index (κ3) is 1.84. The Bertz CT molecular complexity index is 591. The van der Waals surface area contributed by atoms with Crippen molar-refractivity contribution in [1.29, 1.82) is 0 Å². The van der Waals surface area contributed by atoms with Crippen LogP contribution in [0.15, 0.2) is 16.5 Å². The fraction of sp³-hybridized carbons (Fsp3) is 0.500. The van der Waals surface area contributed by atoms with Gasteiger partial charge < -0.3 is 4.42 Å². The van der Waals surface area contributed by atoms with E-state index in [1.54, 1.807) is 0 Å². The Morgan fingerprint density at radius 2 is 2.29 bits per heavy atom. The average molecular weight is 249 g/mol. The van der Waals surface area contributed by atoms with Crippen molar-refractivity contribution >= 4 is 12.2 Å². The maximum absolute atomic E-state index is 5.67. The second kappa shape index (κ2) is 3.84. The van der Waals surface area contributed by atoms with Gasteiger partial charge in [-0.1, -0.05) is 0 Å². The van der Waals surface area contributed by atoms with Crippen LogP contribution in [0.5, 0.6) is 0 Å². The van der Waals surface area contributed by atoms with Crippen LogP contribution < -0.4 is 0 Å². The van der Waals surface area contributed by atoms with Crippen LogP contribution in [-0.2, 0) is 0 Å². The molecule has 0 bridgehead atoms. The van der Waals surface area contributed by atoms with Crippen LogP contribution in [0, 0.1) is 11.7 Å². The molecule has 0 aliphatic heterocycles. The van der Waals surface area contributed by atoms with Crippen LogP contribution in [0.3, 0.4) is 0 Å². The fourth-order valence-electron chi connectivity index (χ4n) is 2.13. The number of aromatic amines is 1. The molecule has 0 aromatic carbocycles. The predicted molar refractivity (Wildman–Crippen MR) is 66.6 cm³/mol. The van der Waals surface area contributed by atoms with Gasteiger partial charge in [0.1, 0.15) is 17.3 Å². The fourth-order valence-corrected chi connectivity index (χ4v) is 2.42. The van der Waals surface area contributed by atoms with Crippen LogP contribution in [-0.4, -0.2) is 14.8 Å². The summed E-state index contributed by atoms with van der Waals surface area (Å²) in [7, 11) is 0. The highest BCUT2D eigenvalue weighted by molar-refractivity contribution is 7.71. The van der Waals surface area contributed by atoms with Gasteiger partial charge in [-0.25, -0.2) is 0 Å². The Labute approximate surface area is 105 Å². The minimum Gasteiger partial charge on any atom is -0.464 e. The monoisotopic (exact) mass is 249 g/mol. The summed E-state index contributed by atoms with van der Waals surface area (Å²) in [6.07, 6.45) is 2.42. The summed E-state index contributed by atoms with van der Waals surface area (Å²) in [6.45, 7) is 4.04. The molecular weight excluding hydrogens is 234 g/mol. The summed E-state index contributed by atoms with van der Waals surface area (Å²) in [5, 5.41) is 7.23. The first-order chi connectivity index (χ1) is 8.16. The molecule has 0 radical (unpaired) electrons. The molecule has 1 fully saturated rings. The molecule has 1 unspecified atom stereocenters. The van der Waals surface area contributed by atoms with Crippen LogP contribution in [0.2, 0.25) is 0 Å². The lowest BCUT2D eigenvalue weighted by molar-refractivity contribution is 0.421. The van der Waals surface area contributed by atoms with Crippen molar-refractivity contribution in [3.63, 3.8) is 0 Å². The molecule has 90 valence electrons. The number of H-pyrrole nitrogens is 1. The van der Waals surface area contributed by atoms with Crippen molar-refractivity contribution < 1.29 is 4.42 Å². The normalized spacial score (nSPS) is 17.3. The van der Waals surface area contributed by atoms with E-state index in [-0.39, 0.29) is 6.04 Å². The van der Waals surface area contributed by atoms with Gasteiger partial charge in [0.05, 0.1) is 6.04 Å². The molecule has 3 rings (SSSR count). The van der Waals surface area contributed by atoms with E-state index in [1.807, 2.05) is 19.1 Å². The number of rotatable bonds is 3. The molecule has 1 saturated carbocycles. The average Bonchev–Trinajstić information content (AvgIpc) is 2.94. The largest absolute Gasteiger partial charge is 0.464 e. The third-order valence-electron chi connectivity index (χ3n) is 3.23. The van der Waals surface area contributed by atoms with Gasteiger partial charge in [0.2, 0.25) is 0 Å². The van der Waals surface area contributed by atoms with E-state index in [0.29, 0.717) is 10.7 Å². The van der Waals surface area contributed by atoms with Gasteiger partial charge in [-0.05, 0) is 51.0 Å². The number of furan rings is 1. The van der Waals surface area contributed by atoms with Crippen molar-refractivity contribution in [1.82, 2.24) is 14.8 Å². The molecule has 0 saturated heterocycles. The van der Waals surface area contributed by atoms with Crippen molar-refractivity contribution in [2.24, 2.45) is 0 Å². The molecule has 1 aliphatic carbocycles. The second-order valence-electron chi connectivity index (χ2n) is 4.66. The molecule has 4 nitrogen and oxygen atoms in total. The van der Waals surface area contributed by atoms with Gasteiger partial charge in [-0.3, -0.25) is 9.67 Å². The van der Waals surface area contributed by atoms with Gasteiger partial charge in [-0.15, -0.1) is 0 Å². The lowest BCUT2D eigenvalue weighted by atomic mass is 10.2. The standard InChI is InChI=1S/C12H15N3OS/c1-7-3-6-10(16-7)8(2)15-11(9-4-5-9)13-14-12(15)17/h3,6,8-9H,4-5H2,1-2H3,(H,14,17). The van der Waals surface area contributed by atoms with E-state index in [2.05, 4.69) is 21.7 Å². The molecule has 2 heterocycles. The van der Waals surface area contributed by atoms with Crippen molar-refractivity contribution in [2.75, 3.05) is 0 Å². The van der Waals surface area contributed by atoms with E-state index >= 15 is 0 Å². The highest BCUT2D eigenvalue weighted by atomic mass is 32.1. The van der Waals surface area contributed by atoms with Gasteiger partial charge in [0, 0.05) is 5.92 Å². The number of aromatic nitrogens is 3. The van der Waals surface area contributed by atoms with Crippen molar-refractivity contribution in [3.05, 3.63) is 34.2 Å². The minimum atomic E-state index is 0.102. The molecule has 5 heteroatoms. The summed E-state index contributed by atoms with van der Waals surface area (Å²) in [5.41, 5.74) is 0. The zero-order valence-corrected chi connectivity index (χ0v) is 10.8. The lowest BCUT2D eigenvalue weighted by Gasteiger charge is -2.12. The van der Waals surface area contributed by atoms with Crippen molar-refractivity contribution in [2.45, 2.75) is 38.6 Å². The molecular formula is C12H15N3OS. The van der Waals surface area contributed by atoms with Crippen LogP contribution in [0.25, 0.3) is 0 Å². The maximum atomic E-state index is 5.67. The zero-order chi connectivity index (χ0) is 12.0. The number of hydrogen-bond donors (Lipinski definition) is 1. The number of hydrogen-bond acceptors (Lipinski definition) is 3. The highest BCUT2D eigenvalue weighted by Gasteiger charge is 2.31. The Kier molecular flexibility index (Phi) is 2.43. The van der Waals surface area contributed by atoms with Gasteiger partial charge in [-0.2, -0.15) is 5.10 Å². The maximum Gasteiger partial charge on any atom is 0.195 e. The Morgan fingerprint density at radius 3 is 2.88 bits per heavy atom. The van der Waals surface area contributed by atoms with E-state index in [9.17, 15) is 0 Å². The Morgan fingerprint density at radius 1 is 1.53 bits per heavy atom. The first kappa shape index (κ1) is 10.8. The number of nitrogens with zero attached hydrogens (tertiary/aromatic N) is 2. The van der Waals surface area contributed by atoms with Crippen molar-refractivity contribution in [3.8, 4) is 0 Å². The van der Waals surface area contributed by atoms with E-state index < -0.39 is 0 Å². The highest BCUT2D eigenvalue weighted by Crippen LogP contribution is 2.40. The molecule has 2 aromatic rings. The first-order valence-electron chi connectivity index (χ1n) is 5.90. The number of aryl methyl sites for hydroxylation is 1. The second-order valence-corrected chi connectivity index (χ2v) is 5.04. The summed E-state index contributed by atoms with van der Waals surface area (Å²) >= 11 is 5.31. The molecule has 0 amide bonds. The molecule has 17 heavy (non-hydrogen) atoms. The first-order valence-corrected chi connectivity index (χ1v) is 6.31. The molecule has 2 aromatic heterocycles. The molecule has 0 spiro atoms. The molecule has 1 atom stereocenters. The SMILES string of the molecule is Cc1ccc(C(C)n2c(C3CC3)n[nH]c2=S)o1. The van der Waals surface area contributed by atoms with Gasteiger partial charge in [0.25, 0.3) is 0 Å². The molecule has 1 N–H and O–H groups in total. The summed E-state index contributed by atoms with van der Waals surface area (Å²) in [6, 6.07) is 4.09. The van der Waals surface area contributed by atoms with Crippen LogP contribution in [0.4, 0.5) is 0 Å². The Balaban J connectivity index is 2.03. The third-order valence-corrected chi connectivity index (χ3v) is 3.52. The lowest BCUT2D eigenvalue weighted by Crippen LogP contribution is -2.09. The zero-order valence-electron chi connectivity index (χ0n) is 9.93. The van der Waals surface area contributed by atoms with Gasteiger partial charge in [0.15, 0.2) is 4.77 Å². The minimum absolute atomic E-state index is 0.102. The van der Waals surface area contributed by atoms with E-state index in [1.165, 1.54) is 12.8 Å². The van der Waals surface area contributed by atoms with Gasteiger partial charge >= 0.3 is 0 Å². The van der Waals surface area contributed by atoms with Crippen LogP contribution in [0.1, 0.15) is 49.1 Å². The summed E-state index contributed by atoms with van der Waals surface area (Å²) < 4.78 is 8.42. The Hall–Kier alpha value is -1.36. The van der Waals surface area contributed by atoms with E-state index in [0.717, 1.165) is 17.3 Å². The summed E-state index contributed by atoms with van der Waals surface area (Å²) in [4.78, 5) is 0. The smallest absolute Gasteiger partial charge is 0.195 e. The quantitative estimate of drug-likeness (QED) is 0.849. The van der Waals surface area contributed by atoms with E-state index in [4.69, 9.17) is 16.6 Å².